The smallest absolute Gasteiger partial charge is 0.166 e. The van der Waals surface area contributed by atoms with Gasteiger partial charge >= 0.3 is 0 Å². The molecule has 4 aliphatic carbocycles. The lowest BCUT2D eigenvalue weighted by molar-refractivity contribution is 0.0362. The molecule has 0 aromatic heterocycles. The number of alkyl halides is 1. The van der Waals surface area contributed by atoms with Crippen molar-refractivity contribution in [2.75, 3.05) is 0 Å². The van der Waals surface area contributed by atoms with Gasteiger partial charge in [-0.2, -0.15) is 0 Å². The molecule has 0 N–H and O–H groups in total. The van der Waals surface area contributed by atoms with Crippen LogP contribution in [-0.2, 0) is 28.1 Å². The van der Waals surface area contributed by atoms with E-state index in [1.807, 2.05) is 79.7 Å². The molecular formula is C72H101F7. The van der Waals surface area contributed by atoms with Gasteiger partial charge in [-0.15, -0.1) is 0 Å². The molecule has 0 amide bonds. The van der Waals surface area contributed by atoms with Gasteiger partial charge in [0.15, 0.2) is 5.83 Å². The Bertz CT molecular complexity index is 2950. The topological polar surface area (TPSA) is 0 Å². The fraction of sp³-hybridized carbons (Fsp3) is 0.611. The summed E-state index contributed by atoms with van der Waals surface area (Å²) in [5.41, 5.74) is 5.09. The Morgan fingerprint density at radius 3 is 1.20 bits per heavy atom. The maximum atomic E-state index is 15.1. The molecule has 4 aromatic carbocycles. The van der Waals surface area contributed by atoms with Gasteiger partial charge in [0.1, 0.15) is 35.3 Å². The summed E-state index contributed by atoms with van der Waals surface area (Å²) in [6.45, 7) is 58.3. The van der Waals surface area contributed by atoms with E-state index in [1.54, 1.807) is 32.0 Å². The number of aryl methyl sites for hydroxylation is 4. The third-order valence-corrected chi connectivity index (χ3v) is 19.8. The number of hydrogen-bond acceptors (Lipinski definition) is 0. The van der Waals surface area contributed by atoms with Crippen molar-refractivity contribution in [1.29, 1.82) is 0 Å². The summed E-state index contributed by atoms with van der Waals surface area (Å²) < 4.78 is 102. The summed E-state index contributed by atoms with van der Waals surface area (Å²) in [4.78, 5) is 0. The summed E-state index contributed by atoms with van der Waals surface area (Å²) in [5, 5.41) is 0. The molecule has 4 aliphatic rings. The Morgan fingerprint density at radius 1 is 0.405 bits per heavy atom. The highest BCUT2D eigenvalue weighted by molar-refractivity contribution is 5.77. The molecule has 0 aliphatic heterocycles. The zero-order chi connectivity index (χ0) is 61.2. The molecule has 79 heavy (non-hydrogen) atoms. The summed E-state index contributed by atoms with van der Waals surface area (Å²) in [5.74, 6) is -2.95. The van der Waals surface area contributed by atoms with E-state index < -0.39 is 39.9 Å². The second kappa shape index (κ2) is 20.6. The van der Waals surface area contributed by atoms with Gasteiger partial charge in [0.05, 0.1) is 11.0 Å². The minimum absolute atomic E-state index is 0.0212. The van der Waals surface area contributed by atoms with Crippen LogP contribution in [0.1, 0.15) is 252 Å². The van der Waals surface area contributed by atoms with Crippen molar-refractivity contribution in [2.45, 2.75) is 241 Å². The van der Waals surface area contributed by atoms with Crippen LogP contribution in [0.4, 0.5) is 30.7 Å². The lowest BCUT2D eigenvalue weighted by Crippen LogP contribution is -2.50. The van der Waals surface area contributed by atoms with Crippen molar-refractivity contribution in [3.63, 3.8) is 0 Å². The minimum Gasteiger partial charge on any atom is -0.242 e. The van der Waals surface area contributed by atoms with E-state index in [2.05, 4.69) is 143 Å². The predicted molar refractivity (Wildman–Crippen MR) is 322 cm³/mol. The van der Waals surface area contributed by atoms with Gasteiger partial charge in [0, 0.05) is 27.4 Å². The zero-order valence-corrected chi connectivity index (χ0v) is 54.1. The zero-order valence-electron chi connectivity index (χ0n) is 54.1. The van der Waals surface area contributed by atoms with Crippen molar-refractivity contribution < 1.29 is 30.7 Å². The number of benzene rings is 4. The van der Waals surface area contributed by atoms with Crippen molar-refractivity contribution in [3.05, 3.63) is 150 Å². The summed E-state index contributed by atoms with van der Waals surface area (Å²) >= 11 is 0. The normalized spacial score (nSPS) is 19.1. The molecule has 4 aromatic rings. The maximum absolute atomic E-state index is 15.1. The summed E-state index contributed by atoms with van der Waals surface area (Å²) in [6.07, 6.45) is 5.29. The molecular weight excluding hydrogens is 998 g/mol. The van der Waals surface area contributed by atoms with E-state index in [1.165, 1.54) is 5.56 Å². The molecule has 438 valence electrons. The Kier molecular flexibility index (Phi) is 17.2. The molecule has 7 heteroatoms. The molecule has 0 spiro atoms. The van der Waals surface area contributed by atoms with Crippen LogP contribution in [0.3, 0.4) is 0 Å². The third-order valence-electron chi connectivity index (χ3n) is 19.8. The van der Waals surface area contributed by atoms with E-state index >= 15 is 4.39 Å². The summed E-state index contributed by atoms with van der Waals surface area (Å²) in [7, 11) is 0. The Labute approximate surface area is 475 Å². The lowest BCUT2D eigenvalue weighted by Gasteiger charge is -2.52. The molecule has 1 unspecified atom stereocenters. The first-order valence-corrected chi connectivity index (χ1v) is 28.9. The standard InChI is InChI=1S/C18H23F3.C18H26F2.C18H27F.C18H25F/c1-10-8-9-11-12(13(10)19)14(20)15(21)18(11,16(2,3)4)17(5,6)7;1-11-8-9-12-14(15(11)20)13(19)10-18(12,16(2,3)4)17(5,6)7;2*1-12-8-9-14-13(15(12)19)10-11-18(14,16(2,3)4)17(5,6)7/h8-9H,1-7H3;8-9,13H,10H2,1-7H3;8-9H,10-11H2,1-7H3;8-11H,1-7H3. The second-order valence-electron chi connectivity index (χ2n) is 32.2. The Morgan fingerprint density at radius 2 is 0.785 bits per heavy atom. The fourth-order valence-corrected chi connectivity index (χ4v) is 17.1. The third kappa shape index (κ3) is 10.0. The molecule has 0 heterocycles. The molecule has 0 saturated heterocycles. The second-order valence-corrected chi connectivity index (χ2v) is 32.2. The van der Waals surface area contributed by atoms with Crippen LogP contribution in [0, 0.1) is 94.3 Å². The van der Waals surface area contributed by atoms with Crippen LogP contribution >= 0.6 is 0 Å². The van der Waals surface area contributed by atoms with Gasteiger partial charge in [-0.25, -0.2) is 30.7 Å². The van der Waals surface area contributed by atoms with Crippen molar-refractivity contribution in [1.82, 2.24) is 0 Å². The van der Waals surface area contributed by atoms with E-state index in [4.69, 9.17) is 0 Å². The Hall–Kier alpha value is -4.13. The first kappa shape index (κ1) is 65.7. The minimum atomic E-state index is -1.21. The number of rotatable bonds is 0. The van der Waals surface area contributed by atoms with E-state index in [9.17, 15) is 26.3 Å². The highest BCUT2D eigenvalue weighted by Crippen LogP contribution is 2.67. The first-order chi connectivity index (χ1) is 35.3. The SMILES string of the molecule is Cc1ccc2c(c1F)C(F)=C(F)C2(C(C)(C)C)C(C)(C)C.Cc1ccc2c(c1F)C(F)CC2(C(C)(C)C)C(C)(C)C.Cc1ccc2c(c1F)C=CC2(C(C)(C)C)C(C)(C)C.Cc1ccc2c(c1F)CCC2(C(C)(C)C)C(C)(C)C. The van der Waals surface area contributed by atoms with Crippen LogP contribution < -0.4 is 0 Å². The molecule has 1 atom stereocenters. The average molecular weight is 1100 g/mol. The van der Waals surface area contributed by atoms with Crippen molar-refractivity contribution >= 4 is 11.9 Å². The first-order valence-electron chi connectivity index (χ1n) is 28.9. The summed E-state index contributed by atoms with van der Waals surface area (Å²) in [6, 6.07) is 15.2. The fourth-order valence-electron chi connectivity index (χ4n) is 17.1. The van der Waals surface area contributed by atoms with E-state index in [0.717, 1.165) is 46.2 Å². The van der Waals surface area contributed by atoms with Gasteiger partial charge in [-0.1, -0.05) is 227 Å². The van der Waals surface area contributed by atoms with Crippen LogP contribution in [0.25, 0.3) is 11.9 Å². The van der Waals surface area contributed by atoms with Crippen LogP contribution in [0.5, 0.6) is 0 Å². The molecule has 0 radical (unpaired) electrons. The van der Waals surface area contributed by atoms with E-state index in [-0.39, 0.29) is 71.8 Å². The van der Waals surface area contributed by atoms with Gasteiger partial charge < -0.3 is 0 Å². The highest BCUT2D eigenvalue weighted by atomic mass is 19.2. The van der Waals surface area contributed by atoms with Crippen LogP contribution in [0.15, 0.2) is 60.4 Å². The monoisotopic (exact) mass is 1100 g/mol. The number of halogens is 7. The van der Waals surface area contributed by atoms with Crippen molar-refractivity contribution in [2.24, 2.45) is 43.3 Å². The number of allylic oxidation sites excluding steroid dienone is 2. The number of fused-ring (bicyclic) bond motifs is 4. The lowest BCUT2D eigenvalue weighted by atomic mass is 9.51. The van der Waals surface area contributed by atoms with Crippen molar-refractivity contribution in [3.8, 4) is 0 Å². The largest absolute Gasteiger partial charge is 0.242 e. The predicted octanol–water partition coefficient (Wildman–Crippen LogP) is 22.9. The van der Waals surface area contributed by atoms with Gasteiger partial charge in [0.2, 0.25) is 0 Å². The molecule has 0 fully saturated rings. The van der Waals surface area contributed by atoms with Gasteiger partial charge in [0.25, 0.3) is 0 Å². The van der Waals surface area contributed by atoms with Crippen LogP contribution in [0.2, 0.25) is 0 Å². The molecule has 0 bridgehead atoms. The maximum Gasteiger partial charge on any atom is 0.166 e. The van der Waals surface area contributed by atoms with Crippen LogP contribution in [-0.4, -0.2) is 0 Å². The van der Waals surface area contributed by atoms with Gasteiger partial charge in [-0.05, 0) is 140 Å². The van der Waals surface area contributed by atoms with E-state index in [0.29, 0.717) is 28.7 Å². The molecule has 0 saturated carbocycles. The molecule has 8 rings (SSSR count). The Balaban J connectivity index is 0.000000194. The average Bonchev–Trinajstić information content (AvgIpc) is 4.02. The highest BCUT2D eigenvalue weighted by Gasteiger charge is 2.62. The van der Waals surface area contributed by atoms with Gasteiger partial charge in [-0.3, -0.25) is 0 Å². The number of hydrogen-bond donors (Lipinski definition) is 0. The quantitative estimate of drug-likeness (QED) is 0.154. The molecule has 0 nitrogen and oxygen atoms in total.